The molecule has 1 amide bonds. The number of fused-ring (bicyclic) bond motifs is 1. The maximum absolute atomic E-state index is 13.7. The summed E-state index contributed by atoms with van der Waals surface area (Å²) in [7, 11) is 0. The summed E-state index contributed by atoms with van der Waals surface area (Å²) in [4.78, 5) is 12.2. The molecule has 0 bridgehead atoms. The molecule has 1 aromatic carbocycles. The molecular weight excluding hydrogens is 356 g/mol. The van der Waals surface area contributed by atoms with Gasteiger partial charge in [-0.2, -0.15) is 0 Å². The Bertz CT molecular complexity index is 858. The van der Waals surface area contributed by atoms with E-state index in [4.69, 9.17) is 0 Å². The summed E-state index contributed by atoms with van der Waals surface area (Å²) in [6.45, 7) is 8.00. The van der Waals surface area contributed by atoms with Gasteiger partial charge in [-0.15, -0.1) is 0 Å². The third-order valence-electron chi connectivity index (χ3n) is 5.95. The summed E-state index contributed by atoms with van der Waals surface area (Å²) in [5.41, 5.74) is 3.63. The summed E-state index contributed by atoms with van der Waals surface area (Å²) in [5.74, 6) is -1.02. The van der Waals surface area contributed by atoms with Crippen LogP contribution < -0.4 is 5.32 Å². The second-order valence-electron chi connectivity index (χ2n) is 7.77. The predicted octanol–water partition coefficient (Wildman–Crippen LogP) is 6.24. The molecule has 0 saturated heterocycles. The summed E-state index contributed by atoms with van der Waals surface area (Å²) in [6, 6.07) is 3.34. The van der Waals surface area contributed by atoms with Crippen molar-refractivity contribution in [1.29, 1.82) is 0 Å². The lowest BCUT2D eigenvalue weighted by Crippen LogP contribution is -2.23. The van der Waals surface area contributed by atoms with Crippen molar-refractivity contribution in [2.75, 3.05) is 0 Å². The number of rotatable bonds is 5. The fourth-order valence-corrected chi connectivity index (χ4v) is 4.49. The van der Waals surface area contributed by atoms with Crippen LogP contribution in [-0.4, -0.2) is 5.91 Å². The Balaban J connectivity index is 1.69. The van der Waals surface area contributed by atoms with Gasteiger partial charge in [-0.05, 0) is 80.7 Å². The minimum absolute atomic E-state index is 0.291. The van der Waals surface area contributed by atoms with Crippen molar-refractivity contribution < 1.29 is 13.6 Å². The Morgan fingerprint density at radius 1 is 1.14 bits per heavy atom. The van der Waals surface area contributed by atoms with E-state index in [2.05, 4.69) is 24.9 Å². The highest BCUT2D eigenvalue weighted by atomic mass is 19.1. The summed E-state index contributed by atoms with van der Waals surface area (Å²) in [5, 5.41) is 2.46. The molecule has 3 rings (SSSR count). The molecule has 2 unspecified atom stereocenters. The first-order valence-corrected chi connectivity index (χ1v) is 9.88. The number of hydrogen-bond acceptors (Lipinski definition) is 1. The first kappa shape index (κ1) is 20.2. The van der Waals surface area contributed by atoms with Crippen LogP contribution in [0, 0.1) is 23.5 Å². The SMILES string of the molecule is C=C(/C=C\C(=C/C)C1=C(C)CC2CCCC2C1)NC(=O)c1c(F)cccc1F. The van der Waals surface area contributed by atoms with Crippen LogP contribution >= 0.6 is 0 Å². The lowest BCUT2D eigenvalue weighted by molar-refractivity contribution is 0.0959. The molecule has 1 saturated carbocycles. The number of allylic oxidation sites excluding steroid dienone is 6. The molecule has 1 N–H and O–H groups in total. The van der Waals surface area contributed by atoms with E-state index in [1.54, 1.807) is 6.08 Å². The Labute approximate surface area is 165 Å². The van der Waals surface area contributed by atoms with E-state index in [1.165, 1.54) is 36.5 Å². The monoisotopic (exact) mass is 383 g/mol. The molecule has 2 atom stereocenters. The number of carbonyl (C=O) groups is 1. The van der Waals surface area contributed by atoms with Crippen LogP contribution in [0.25, 0.3) is 0 Å². The quantitative estimate of drug-likeness (QED) is 0.599. The zero-order chi connectivity index (χ0) is 20.3. The van der Waals surface area contributed by atoms with Crippen LogP contribution in [-0.2, 0) is 0 Å². The normalized spacial score (nSPS) is 22.5. The number of halogens is 2. The van der Waals surface area contributed by atoms with Crippen molar-refractivity contribution in [3.05, 3.63) is 82.6 Å². The van der Waals surface area contributed by atoms with Crippen LogP contribution in [0.15, 0.2) is 65.4 Å². The van der Waals surface area contributed by atoms with Gasteiger partial charge < -0.3 is 5.32 Å². The highest BCUT2D eigenvalue weighted by Crippen LogP contribution is 2.46. The molecule has 2 aliphatic carbocycles. The van der Waals surface area contributed by atoms with Crippen LogP contribution in [0.5, 0.6) is 0 Å². The molecular formula is C24H27F2NO. The first-order valence-electron chi connectivity index (χ1n) is 9.88. The predicted molar refractivity (Wildman–Crippen MR) is 109 cm³/mol. The van der Waals surface area contributed by atoms with E-state index in [1.807, 2.05) is 13.0 Å². The number of nitrogens with one attached hydrogen (secondary N) is 1. The van der Waals surface area contributed by atoms with Crippen molar-refractivity contribution >= 4 is 5.91 Å². The zero-order valence-electron chi connectivity index (χ0n) is 16.5. The van der Waals surface area contributed by atoms with Gasteiger partial charge >= 0.3 is 0 Å². The lowest BCUT2D eigenvalue weighted by atomic mass is 9.76. The summed E-state index contributed by atoms with van der Waals surface area (Å²) in [6.07, 6.45) is 11.9. The second kappa shape index (κ2) is 8.68. The minimum Gasteiger partial charge on any atom is -0.322 e. The number of carbonyl (C=O) groups excluding carboxylic acids is 1. The molecule has 4 heteroatoms. The van der Waals surface area contributed by atoms with Gasteiger partial charge in [-0.3, -0.25) is 4.79 Å². The number of benzene rings is 1. The Morgan fingerprint density at radius 2 is 1.79 bits per heavy atom. The average Bonchev–Trinajstić information content (AvgIpc) is 3.09. The van der Waals surface area contributed by atoms with Crippen LogP contribution in [0.4, 0.5) is 8.78 Å². The van der Waals surface area contributed by atoms with Crippen molar-refractivity contribution in [2.24, 2.45) is 11.8 Å². The Hall–Kier alpha value is -2.49. The molecule has 0 radical (unpaired) electrons. The van der Waals surface area contributed by atoms with Gasteiger partial charge in [-0.1, -0.05) is 36.8 Å². The van der Waals surface area contributed by atoms with Gasteiger partial charge in [0.25, 0.3) is 5.91 Å². The molecule has 0 heterocycles. The van der Waals surface area contributed by atoms with Crippen molar-refractivity contribution in [3.63, 3.8) is 0 Å². The van der Waals surface area contributed by atoms with Crippen LogP contribution in [0.2, 0.25) is 0 Å². The smallest absolute Gasteiger partial charge is 0.261 e. The molecule has 0 spiro atoms. The van der Waals surface area contributed by atoms with Crippen LogP contribution in [0.3, 0.4) is 0 Å². The highest BCUT2D eigenvalue weighted by Gasteiger charge is 2.32. The second-order valence-corrected chi connectivity index (χ2v) is 7.77. The standard InChI is InChI=1S/C24H27F2NO/c1-4-17(20-14-19-8-5-7-18(19)13-15(20)2)12-11-16(3)27-24(28)23-21(25)9-6-10-22(23)26/h4,6,9-12,18-19H,3,5,7-8,13-14H2,1-2H3,(H,27,28)/b12-11-,17-4+. The van der Waals surface area contributed by atoms with Crippen LogP contribution in [0.1, 0.15) is 56.3 Å². The summed E-state index contributed by atoms with van der Waals surface area (Å²) < 4.78 is 27.5. The molecule has 1 aromatic rings. The molecule has 0 aromatic heterocycles. The zero-order valence-corrected chi connectivity index (χ0v) is 16.5. The topological polar surface area (TPSA) is 29.1 Å². The van der Waals surface area contributed by atoms with Gasteiger partial charge in [0.05, 0.1) is 0 Å². The maximum atomic E-state index is 13.7. The molecule has 0 aliphatic heterocycles. The van der Waals surface area contributed by atoms with E-state index in [-0.39, 0.29) is 0 Å². The van der Waals surface area contributed by atoms with Gasteiger partial charge in [0.2, 0.25) is 0 Å². The van der Waals surface area contributed by atoms with E-state index >= 15 is 0 Å². The fraction of sp³-hybridized carbons (Fsp3) is 0.375. The van der Waals surface area contributed by atoms with Gasteiger partial charge in [0.15, 0.2) is 0 Å². The Morgan fingerprint density at radius 3 is 2.43 bits per heavy atom. The maximum Gasteiger partial charge on any atom is 0.261 e. The third-order valence-corrected chi connectivity index (χ3v) is 5.95. The van der Waals surface area contributed by atoms with Gasteiger partial charge in [-0.25, -0.2) is 8.78 Å². The number of amides is 1. The van der Waals surface area contributed by atoms with Crippen molar-refractivity contribution in [2.45, 2.75) is 46.0 Å². The molecule has 28 heavy (non-hydrogen) atoms. The lowest BCUT2D eigenvalue weighted by Gasteiger charge is -2.29. The van der Waals surface area contributed by atoms with Crippen molar-refractivity contribution in [3.8, 4) is 0 Å². The molecule has 2 aliphatic rings. The summed E-state index contributed by atoms with van der Waals surface area (Å²) >= 11 is 0. The molecule has 2 nitrogen and oxygen atoms in total. The van der Waals surface area contributed by atoms with Gasteiger partial charge in [0.1, 0.15) is 17.2 Å². The fourth-order valence-electron chi connectivity index (χ4n) is 4.49. The Kier molecular flexibility index (Phi) is 6.28. The molecule has 148 valence electrons. The number of hydrogen-bond donors (Lipinski definition) is 1. The van der Waals surface area contributed by atoms with Gasteiger partial charge in [0, 0.05) is 5.70 Å². The minimum atomic E-state index is -0.891. The average molecular weight is 383 g/mol. The van der Waals surface area contributed by atoms with Crippen molar-refractivity contribution in [1.82, 2.24) is 5.32 Å². The first-order chi connectivity index (χ1) is 13.4. The van der Waals surface area contributed by atoms with E-state index < -0.39 is 23.1 Å². The van der Waals surface area contributed by atoms with E-state index in [0.717, 1.165) is 42.4 Å². The molecule has 1 fully saturated rings. The third kappa shape index (κ3) is 4.32. The largest absolute Gasteiger partial charge is 0.322 e. The van der Waals surface area contributed by atoms with E-state index in [9.17, 15) is 13.6 Å². The highest BCUT2D eigenvalue weighted by molar-refractivity contribution is 5.96. The van der Waals surface area contributed by atoms with E-state index in [0.29, 0.717) is 5.70 Å².